The van der Waals surface area contributed by atoms with Gasteiger partial charge in [0.1, 0.15) is 11.5 Å². The van der Waals surface area contributed by atoms with Crippen LogP contribution in [0.3, 0.4) is 0 Å². The Morgan fingerprint density at radius 3 is 2.39 bits per heavy atom. The number of ether oxygens (including phenoxy) is 1. The fraction of sp³-hybridized carbons (Fsp3) is 0.259. The molecule has 1 unspecified atom stereocenters. The Hall–Kier alpha value is -3.64. The van der Waals surface area contributed by atoms with Gasteiger partial charge in [0.05, 0.1) is 18.7 Å². The molecule has 0 spiro atoms. The van der Waals surface area contributed by atoms with Crippen LogP contribution in [0.5, 0.6) is 5.75 Å². The van der Waals surface area contributed by atoms with Crippen LogP contribution in [0.2, 0.25) is 0 Å². The Bertz CT molecular complexity index is 1210. The van der Waals surface area contributed by atoms with Gasteiger partial charge in [-0.05, 0) is 55.5 Å². The molecule has 4 rings (SSSR count). The van der Waals surface area contributed by atoms with E-state index in [1.807, 2.05) is 67.5 Å². The van der Waals surface area contributed by atoms with E-state index in [1.54, 1.807) is 30.2 Å². The second kappa shape index (κ2) is 9.46. The molecular formula is C27H28N2O4. The van der Waals surface area contributed by atoms with Crippen LogP contribution in [0.25, 0.3) is 16.5 Å². The Labute approximate surface area is 193 Å². The number of carbonyl (C=O) groups excluding carboxylic acids is 2. The van der Waals surface area contributed by atoms with Crippen LogP contribution in [0.4, 0.5) is 0 Å². The first-order valence-corrected chi connectivity index (χ1v) is 11.0. The number of Topliss-reactive ketones (excluding diaryl/α,β-unsaturated/α-hetero) is 1. The predicted molar refractivity (Wildman–Crippen MR) is 129 cm³/mol. The lowest BCUT2D eigenvalue weighted by Crippen LogP contribution is -2.32. The Balaban J connectivity index is 1.86. The highest BCUT2D eigenvalue weighted by molar-refractivity contribution is 6.46. The SMILES string of the molecule is COc1ccc(C2/C(=C(/O)c3cccc4ccccc34)C(=O)C(=O)N2CCCN(C)C)cc1. The van der Waals surface area contributed by atoms with Crippen LogP contribution < -0.4 is 4.74 Å². The molecule has 170 valence electrons. The summed E-state index contributed by atoms with van der Waals surface area (Å²) in [6.07, 6.45) is 0.709. The van der Waals surface area contributed by atoms with E-state index in [0.717, 1.165) is 22.9 Å². The van der Waals surface area contributed by atoms with Gasteiger partial charge in [-0.15, -0.1) is 0 Å². The molecule has 6 heteroatoms. The molecule has 3 aromatic carbocycles. The molecule has 1 atom stereocenters. The van der Waals surface area contributed by atoms with Crippen molar-refractivity contribution in [3.05, 3.63) is 83.4 Å². The number of benzene rings is 3. The van der Waals surface area contributed by atoms with E-state index in [1.165, 1.54) is 0 Å². The van der Waals surface area contributed by atoms with Crippen molar-refractivity contribution in [2.24, 2.45) is 0 Å². The Morgan fingerprint density at radius 2 is 1.70 bits per heavy atom. The van der Waals surface area contributed by atoms with Gasteiger partial charge in [0.2, 0.25) is 0 Å². The van der Waals surface area contributed by atoms with Gasteiger partial charge in [-0.3, -0.25) is 9.59 Å². The fourth-order valence-corrected chi connectivity index (χ4v) is 4.38. The van der Waals surface area contributed by atoms with Gasteiger partial charge in [-0.2, -0.15) is 0 Å². The van der Waals surface area contributed by atoms with Crippen LogP contribution in [-0.4, -0.2) is 60.9 Å². The Kier molecular flexibility index (Phi) is 6.47. The van der Waals surface area contributed by atoms with E-state index in [0.29, 0.717) is 24.3 Å². The van der Waals surface area contributed by atoms with Crippen LogP contribution >= 0.6 is 0 Å². The van der Waals surface area contributed by atoms with Crippen LogP contribution in [0.15, 0.2) is 72.3 Å². The molecular weight excluding hydrogens is 416 g/mol. The van der Waals surface area contributed by atoms with Crippen LogP contribution in [0, 0.1) is 0 Å². The molecule has 0 aliphatic carbocycles. The average molecular weight is 445 g/mol. The number of carbonyl (C=O) groups is 2. The molecule has 1 aliphatic heterocycles. The van der Waals surface area contributed by atoms with Crippen molar-refractivity contribution in [1.29, 1.82) is 0 Å². The quantitative estimate of drug-likeness (QED) is 0.336. The number of likely N-dealkylation sites (tertiary alicyclic amines) is 1. The summed E-state index contributed by atoms with van der Waals surface area (Å²) in [4.78, 5) is 29.9. The van der Waals surface area contributed by atoms with E-state index in [4.69, 9.17) is 4.74 Å². The van der Waals surface area contributed by atoms with E-state index in [9.17, 15) is 14.7 Å². The topological polar surface area (TPSA) is 70.1 Å². The van der Waals surface area contributed by atoms with Crippen molar-refractivity contribution in [3.8, 4) is 5.75 Å². The maximum absolute atomic E-state index is 13.2. The summed E-state index contributed by atoms with van der Waals surface area (Å²) in [5.41, 5.74) is 1.41. The normalized spacial score (nSPS) is 17.8. The number of hydrogen-bond donors (Lipinski definition) is 1. The summed E-state index contributed by atoms with van der Waals surface area (Å²) < 4.78 is 5.27. The zero-order valence-electron chi connectivity index (χ0n) is 19.1. The van der Waals surface area contributed by atoms with Gasteiger partial charge in [-0.25, -0.2) is 0 Å². The molecule has 6 nitrogen and oxygen atoms in total. The van der Waals surface area contributed by atoms with Crippen molar-refractivity contribution < 1.29 is 19.4 Å². The number of ketones is 1. The van der Waals surface area contributed by atoms with Gasteiger partial charge >= 0.3 is 0 Å². The van der Waals surface area contributed by atoms with Crippen molar-refractivity contribution >= 4 is 28.2 Å². The summed E-state index contributed by atoms with van der Waals surface area (Å²) in [6, 6.07) is 19.8. The zero-order chi connectivity index (χ0) is 23.5. The smallest absolute Gasteiger partial charge is 0.295 e. The lowest BCUT2D eigenvalue weighted by molar-refractivity contribution is -0.139. The highest BCUT2D eigenvalue weighted by Gasteiger charge is 2.45. The molecule has 0 bridgehead atoms. The highest BCUT2D eigenvalue weighted by atomic mass is 16.5. The van der Waals surface area contributed by atoms with Gasteiger partial charge in [0.25, 0.3) is 11.7 Å². The summed E-state index contributed by atoms with van der Waals surface area (Å²) in [5.74, 6) is -0.721. The summed E-state index contributed by atoms with van der Waals surface area (Å²) in [6.45, 7) is 1.19. The van der Waals surface area contributed by atoms with Crippen LogP contribution in [0.1, 0.15) is 23.6 Å². The number of nitrogens with zero attached hydrogens (tertiary/aromatic N) is 2. The summed E-state index contributed by atoms with van der Waals surface area (Å²) in [5, 5.41) is 13.2. The molecule has 1 fully saturated rings. The van der Waals surface area contributed by atoms with Gasteiger partial charge in [0.15, 0.2) is 0 Å². The number of aliphatic hydroxyl groups excluding tert-OH is 1. The lowest BCUT2D eigenvalue weighted by Gasteiger charge is -2.26. The number of rotatable bonds is 7. The number of aliphatic hydroxyl groups is 1. The third kappa shape index (κ3) is 4.34. The van der Waals surface area contributed by atoms with Gasteiger partial charge in [0, 0.05) is 12.1 Å². The summed E-state index contributed by atoms with van der Waals surface area (Å²) in [7, 11) is 5.52. The van der Waals surface area contributed by atoms with Crippen LogP contribution in [-0.2, 0) is 9.59 Å². The minimum absolute atomic E-state index is 0.117. The molecule has 33 heavy (non-hydrogen) atoms. The monoisotopic (exact) mass is 444 g/mol. The van der Waals surface area contributed by atoms with Crippen molar-refractivity contribution in [2.45, 2.75) is 12.5 Å². The van der Waals surface area contributed by atoms with E-state index in [-0.39, 0.29) is 11.3 Å². The van der Waals surface area contributed by atoms with Crippen molar-refractivity contribution in [3.63, 3.8) is 0 Å². The third-order valence-electron chi connectivity index (χ3n) is 6.02. The first kappa shape index (κ1) is 22.6. The molecule has 0 radical (unpaired) electrons. The average Bonchev–Trinajstić information content (AvgIpc) is 3.08. The van der Waals surface area contributed by atoms with Gasteiger partial charge < -0.3 is 19.6 Å². The molecule has 1 heterocycles. The first-order chi connectivity index (χ1) is 15.9. The van der Waals surface area contributed by atoms with Gasteiger partial charge in [-0.1, -0.05) is 54.6 Å². The highest BCUT2D eigenvalue weighted by Crippen LogP contribution is 2.40. The van der Waals surface area contributed by atoms with Crippen molar-refractivity contribution in [1.82, 2.24) is 9.80 Å². The molecule has 0 saturated carbocycles. The second-order valence-corrected chi connectivity index (χ2v) is 8.45. The number of fused-ring (bicyclic) bond motifs is 1. The predicted octanol–water partition coefficient (Wildman–Crippen LogP) is 4.22. The number of hydrogen-bond acceptors (Lipinski definition) is 5. The number of methoxy groups -OCH3 is 1. The van der Waals surface area contributed by atoms with E-state index < -0.39 is 17.7 Å². The molecule has 1 aliphatic rings. The third-order valence-corrected chi connectivity index (χ3v) is 6.02. The Morgan fingerprint density at radius 1 is 1.00 bits per heavy atom. The minimum atomic E-state index is -0.669. The summed E-state index contributed by atoms with van der Waals surface area (Å²) >= 11 is 0. The maximum Gasteiger partial charge on any atom is 0.295 e. The van der Waals surface area contributed by atoms with Crippen molar-refractivity contribution in [2.75, 3.05) is 34.3 Å². The lowest BCUT2D eigenvalue weighted by atomic mass is 9.93. The maximum atomic E-state index is 13.2. The number of amides is 1. The standard InChI is InChI=1S/C27H28N2O4/c1-28(2)16-7-17-29-24(19-12-14-20(33-3)15-13-19)23(26(31)27(29)32)25(30)22-11-6-9-18-8-4-5-10-21(18)22/h4-6,8-15,24,30H,7,16-17H2,1-3H3/b25-23-. The molecule has 1 saturated heterocycles. The zero-order valence-corrected chi connectivity index (χ0v) is 19.1. The minimum Gasteiger partial charge on any atom is -0.507 e. The fourth-order valence-electron chi connectivity index (χ4n) is 4.38. The molecule has 1 amide bonds. The second-order valence-electron chi connectivity index (χ2n) is 8.45. The first-order valence-electron chi connectivity index (χ1n) is 11.0. The van der Waals surface area contributed by atoms with E-state index >= 15 is 0 Å². The molecule has 0 aromatic heterocycles. The molecule has 1 N–H and O–H groups in total. The largest absolute Gasteiger partial charge is 0.507 e. The van der Waals surface area contributed by atoms with E-state index in [2.05, 4.69) is 0 Å². The molecule has 3 aromatic rings.